The van der Waals surface area contributed by atoms with Gasteiger partial charge in [0.05, 0.1) is 10.9 Å². The number of aryl methyl sites for hydroxylation is 4. The minimum atomic E-state index is -1.49. The lowest BCUT2D eigenvalue weighted by atomic mass is 9.86. The Morgan fingerprint density at radius 2 is 1.24 bits per heavy atom. The van der Waals surface area contributed by atoms with Crippen LogP contribution < -0.4 is 20.3 Å². The number of aliphatic hydroxyl groups is 2. The van der Waals surface area contributed by atoms with E-state index < -0.39 is 24.4 Å². The zero-order chi connectivity index (χ0) is 28.8. The van der Waals surface area contributed by atoms with Crippen LogP contribution in [0, 0.1) is 0 Å². The van der Waals surface area contributed by atoms with E-state index >= 15 is 0 Å². The van der Waals surface area contributed by atoms with Gasteiger partial charge in [-0.2, -0.15) is 0 Å². The molecule has 42 heavy (non-hydrogen) atoms. The van der Waals surface area contributed by atoms with Gasteiger partial charge < -0.3 is 28.5 Å². The van der Waals surface area contributed by atoms with Crippen LogP contribution in [0.2, 0.25) is 0 Å². The first kappa shape index (κ1) is 26.3. The first-order valence-corrected chi connectivity index (χ1v) is 14.0. The van der Waals surface area contributed by atoms with Crippen molar-refractivity contribution in [2.75, 3.05) is 0 Å². The van der Waals surface area contributed by atoms with Gasteiger partial charge in [-0.05, 0) is 30.0 Å². The molecule has 0 amide bonds. The average Bonchev–Trinajstić information content (AvgIpc) is 3.01. The highest BCUT2D eigenvalue weighted by atomic mass is 16.6. The molecular formula is C34H28O8. The number of hydrogen-bond donors (Lipinski definition) is 2. The zero-order valence-corrected chi connectivity index (χ0v) is 22.6. The van der Waals surface area contributed by atoms with Gasteiger partial charge >= 0.3 is 0 Å². The highest BCUT2D eigenvalue weighted by Gasteiger charge is 2.50. The third-order valence-corrected chi connectivity index (χ3v) is 7.94. The van der Waals surface area contributed by atoms with Crippen molar-refractivity contribution in [3.63, 3.8) is 0 Å². The smallest absolute Gasteiger partial charge is 0.193 e. The molecule has 3 aromatic carbocycles. The molecule has 1 aliphatic heterocycles. The predicted octanol–water partition coefficient (Wildman–Crippen LogP) is 4.61. The van der Waals surface area contributed by atoms with E-state index in [-0.39, 0.29) is 33.7 Å². The van der Waals surface area contributed by atoms with Crippen LogP contribution in [0.25, 0.3) is 11.0 Å². The van der Waals surface area contributed by atoms with Crippen LogP contribution in [-0.4, -0.2) is 22.4 Å². The number of rotatable bonds is 6. The van der Waals surface area contributed by atoms with Gasteiger partial charge in [0.25, 0.3) is 0 Å². The van der Waals surface area contributed by atoms with Crippen molar-refractivity contribution in [3.8, 4) is 11.5 Å². The molecule has 3 heterocycles. The van der Waals surface area contributed by atoms with Gasteiger partial charge in [0.2, 0.25) is 0 Å². The van der Waals surface area contributed by atoms with E-state index in [1.54, 1.807) is 6.07 Å². The van der Waals surface area contributed by atoms with E-state index in [1.807, 2.05) is 60.7 Å². The van der Waals surface area contributed by atoms with Crippen LogP contribution in [0.5, 0.6) is 11.5 Å². The fraction of sp³-hybridized carbons (Fsp3) is 0.235. The number of aliphatic hydroxyl groups excluding tert-OH is 2. The molecule has 0 bridgehead atoms. The van der Waals surface area contributed by atoms with Crippen molar-refractivity contribution in [1.82, 2.24) is 0 Å². The summed E-state index contributed by atoms with van der Waals surface area (Å²) in [5, 5.41) is 22.3. The largest absolute Gasteiger partial charge is 0.479 e. The molecule has 8 nitrogen and oxygen atoms in total. The number of hydrogen-bond acceptors (Lipinski definition) is 8. The maximum Gasteiger partial charge on any atom is 0.193 e. The van der Waals surface area contributed by atoms with Gasteiger partial charge in [-0.15, -0.1) is 0 Å². The van der Waals surface area contributed by atoms with Gasteiger partial charge in [-0.1, -0.05) is 60.7 Å². The Labute approximate surface area is 240 Å². The third-order valence-electron chi connectivity index (χ3n) is 7.94. The molecule has 2 aromatic heterocycles. The molecule has 2 N–H and O–H groups in total. The van der Waals surface area contributed by atoms with Gasteiger partial charge in [0, 0.05) is 31.0 Å². The molecule has 0 radical (unpaired) electrons. The Hall–Kier alpha value is -4.66. The maximum absolute atomic E-state index is 13.3. The van der Waals surface area contributed by atoms with Crippen molar-refractivity contribution < 1.29 is 28.5 Å². The summed E-state index contributed by atoms with van der Waals surface area (Å²) in [6, 6.07) is 25.7. The van der Waals surface area contributed by atoms with E-state index in [0.717, 1.165) is 11.1 Å². The third kappa shape index (κ3) is 4.78. The second kappa shape index (κ2) is 10.6. The summed E-state index contributed by atoms with van der Waals surface area (Å²) in [5.74, 6) is 1.38. The summed E-state index contributed by atoms with van der Waals surface area (Å²) in [4.78, 5) is 26.4. The molecule has 0 saturated carbocycles. The van der Waals surface area contributed by atoms with Gasteiger partial charge in [0.15, 0.2) is 34.6 Å². The Morgan fingerprint density at radius 3 is 1.90 bits per heavy atom. The molecule has 7 rings (SSSR count). The van der Waals surface area contributed by atoms with E-state index in [2.05, 4.69) is 0 Å². The summed E-state index contributed by atoms with van der Waals surface area (Å²) in [5.41, 5.74) is 2.02. The van der Waals surface area contributed by atoms with Crippen LogP contribution in [0.4, 0.5) is 0 Å². The molecule has 0 spiro atoms. The highest BCUT2D eigenvalue weighted by molar-refractivity contribution is 5.81. The molecule has 4 atom stereocenters. The Morgan fingerprint density at radius 1 is 0.643 bits per heavy atom. The van der Waals surface area contributed by atoms with Crippen molar-refractivity contribution in [2.24, 2.45) is 0 Å². The second-order valence-corrected chi connectivity index (χ2v) is 10.8. The lowest BCUT2D eigenvalue weighted by Crippen LogP contribution is -2.50. The van der Waals surface area contributed by atoms with Crippen molar-refractivity contribution in [2.45, 2.75) is 50.1 Å². The molecule has 5 aromatic rings. The van der Waals surface area contributed by atoms with Crippen molar-refractivity contribution >= 4 is 11.0 Å². The Balaban J connectivity index is 1.19. The van der Waals surface area contributed by atoms with Crippen LogP contribution in [0.1, 0.15) is 46.2 Å². The van der Waals surface area contributed by atoms with Crippen LogP contribution in [-0.2, 0) is 25.7 Å². The molecular weight excluding hydrogens is 536 g/mol. The van der Waals surface area contributed by atoms with Gasteiger partial charge in [-0.3, -0.25) is 9.59 Å². The summed E-state index contributed by atoms with van der Waals surface area (Å²) in [6.07, 6.45) is -2.70. The quantitative estimate of drug-likeness (QED) is 0.307. The van der Waals surface area contributed by atoms with Gasteiger partial charge in [-0.25, -0.2) is 0 Å². The number of benzene rings is 3. The lowest BCUT2D eigenvalue weighted by Gasteiger charge is -2.41. The molecule has 4 unspecified atom stereocenters. The SMILES string of the molecule is O=c1cc(CCc2ccccc2)oc2c1C1Oc3cc4c(=O)cc(CCc5ccccc5)oc4cc3OC1C(O)C2O. The normalized spacial score (nSPS) is 20.6. The summed E-state index contributed by atoms with van der Waals surface area (Å²) < 4.78 is 24.3. The molecule has 0 fully saturated rings. The second-order valence-electron chi connectivity index (χ2n) is 10.8. The predicted molar refractivity (Wildman–Crippen MR) is 154 cm³/mol. The summed E-state index contributed by atoms with van der Waals surface area (Å²) >= 11 is 0. The lowest BCUT2D eigenvalue weighted by molar-refractivity contribution is -0.123. The molecule has 212 valence electrons. The molecule has 8 heteroatoms. The molecule has 1 aliphatic carbocycles. The van der Waals surface area contributed by atoms with Crippen molar-refractivity contribution in [3.05, 3.63) is 139 Å². The number of ether oxygens (including phenoxy) is 2. The maximum atomic E-state index is 13.3. The first-order chi connectivity index (χ1) is 20.4. The summed E-state index contributed by atoms with van der Waals surface area (Å²) in [7, 11) is 0. The molecule has 0 saturated heterocycles. The van der Waals surface area contributed by atoms with Crippen molar-refractivity contribution in [1.29, 1.82) is 0 Å². The Bertz CT molecular complexity index is 1880. The van der Waals surface area contributed by atoms with E-state index in [4.69, 9.17) is 18.3 Å². The fourth-order valence-electron chi connectivity index (χ4n) is 5.76. The van der Waals surface area contributed by atoms with Crippen LogP contribution >= 0.6 is 0 Å². The van der Waals surface area contributed by atoms with E-state index in [1.165, 1.54) is 18.2 Å². The minimum Gasteiger partial charge on any atom is -0.479 e. The fourth-order valence-corrected chi connectivity index (χ4v) is 5.76. The van der Waals surface area contributed by atoms with E-state index in [9.17, 15) is 19.8 Å². The summed E-state index contributed by atoms with van der Waals surface area (Å²) in [6.45, 7) is 0. The van der Waals surface area contributed by atoms with Crippen LogP contribution in [0.3, 0.4) is 0 Å². The minimum absolute atomic E-state index is 0.0327. The molecule has 2 aliphatic rings. The first-order valence-electron chi connectivity index (χ1n) is 14.0. The Kier molecular flexibility index (Phi) is 6.64. The topological polar surface area (TPSA) is 119 Å². The van der Waals surface area contributed by atoms with Crippen LogP contribution in [0.15, 0.2) is 103 Å². The monoisotopic (exact) mass is 564 g/mol. The van der Waals surface area contributed by atoms with Gasteiger partial charge in [0.1, 0.15) is 35.1 Å². The standard InChI is InChI=1S/C34H28O8/c35-24-15-21(13-11-19-7-3-1-4-8-19)39-26-18-28-27(17-23(24)26)41-33-29-25(36)16-22(14-12-20-9-5-2-6-10-20)40-32(29)30(37)31(38)34(33)42-28/h1-10,15-18,30-31,33-34,37-38H,11-14H2. The number of fused-ring (bicyclic) bond motifs is 5. The highest BCUT2D eigenvalue weighted by Crippen LogP contribution is 2.47. The van der Waals surface area contributed by atoms with E-state index in [0.29, 0.717) is 48.2 Å². The average molecular weight is 565 g/mol. The zero-order valence-electron chi connectivity index (χ0n) is 22.6.